The van der Waals surface area contributed by atoms with Gasteiger partial charge in [0.05, 0.1) is 20.5 Å². The molecule has 0 saturated heterocycles. The van der Waals surface area contributed by atoms with Crippen molar-refractivity contribution in [3.05, 3.63) is 148 Å². The summed E-state index contributed by atoms with van der Waals surface area (Å²) in [7, 11) is -3.95. The second-order valence-corrected chi connectivity index (χ2v) is 12.4. The van der Waals surface area contributed by atoms with Gasteiger partial charge in [-0.05, 0) is 48.0 Å². The molecule has 6 aromatic rings. The second-order valence-electron chi connectivity index (χ2n) is 10.1. The first kappa shape index (κ1) is 27.8. The summed E-state index contributed by atoms with van der Waals surface area (Å²) in [5, 5.41) is 24.3. The van der Waals surface area contributed by atoms with Gasteiger partial charge in [-0.15, -0.1) is 0 Å². The molecule has 0 saturated carbocycles. The Morgan fingerprint density at radius 3 is 1.76 bits per heavy atom. The molecule has 45 heavy (non-hydrogen) atoms. The average molecular weight is 617 g/mol. The van der Waals surface area contributed by atoms with Crippen molar-refractivity contribution in [1.82, 2.24) is 0 Å². The maximum absolute atomic E-state index is 15.4. The zero-order valence-corrected chi connectivity index (χ0v) is 24.1. The van der Waals surface area contributed by atoms with Crippen molar-refractivity contribution in [3.8, 4) is 39.9 Å². The molecule has 0 spiro atoms. The number of para-hydroxylation sites is 1. The van der Waals surface area contributed by atoms with Gasteiger partial charge in [0.2, 0.25) is 0 Å². The number of nitro benzene ring substituents is 2. The van der Waals surface area contributed by atoms with Gasteiger partial charge < -0.3 is 14.0 Å². The molecule has 0 fully saturated rings. The SMILES string of the molecule is O=[N+]([O-])c1ccc(Oc2cc(P3(=O)Oc4ccccc4-c4ccccc43)c(Oc3ccc([N+](=O)[O-])cc3)c3ccccc23)cc1. The number of nitrogens with zero attached hydrogens (tertiary/aromatic N) is 2. The van der Waals surface area contributed by atoms with Crippen molar-refractivity contribution >= 4 is 40.1 Å². The molecule has 10 nitrogen and oxygen atoms in total. The molecule has 7 rings (SSSR count). The first-order chi connectivity index (χ1) is 21.8. The van der Waals surface area contributed by atoms with Gasteiger partial charge in [-0.1, -0.05) is 60.7 Å². The van der Waals surface area contributed by atoms with Crippen LogP contribution < -0.4 is 24.6 Å². The van der Waals surface area contributed by atoms with E-state index in [9.17, 15) is 20.2 Å². The summed E-state index contributed by atoms with van der Waals surface area (Å²) < 4.78 is 34.5. The van der Waals surface area contributed by atoms with Crippen LogP contribution in [0.1, 0.15) is 0 Å². The van der Waals surface area contributed by atoms with Crippen molar-refractivity contribution in [2.45, 2.75) is 0 Å². The van der Waals surface area contributed by atoms with Gasteiger partial charge in [0.25, 0.3) is 11.4 Å². The van der Waals surface area contributed by atoms with E-state index in [0.717, 1.165) is 11.1 Å². The Morgan fingerprint density at radius 1 is 0.578 bits per heavy atom. The zero-order valence-electron chi connectivity index (χ0n) is 23.2. The molecule has 0 bridgehead atoms. The van der Waals surface area contributed by atoms with E-state index in [1.165, 1.54) is 48.5 Å². The third kappa shape index (κ3) is 4.93. The molecule has 0 aromatic heterocycles. The average Bonchev–Trinajstić information content (AvgIpc) is 3.06. The standard InChI is InChI=1S/C34H21N2O8P/c37-35(38)22-13-17-24(18-14-22)42-31-21-33(45(41)32-12-6-4-9-28(32)26-7-3-5-11-30(26)44-45)34(29-10-2-1-8-27(29)31)43-25-19-15-23(16-20-25)36(39)40/h1-21H. The molecule has 0 N–H and O–H groups in total. The largest absolute Gasteiger partial charge is 0.457 e. The summed E-state index contributed by atoms with van der Waals surface area (Å²) in [5.74, 6) is 1.60. The van der Waals surface area contributed by atoms with Crippen LogP contribution in [0.5, 0.6) is 28.7 Å². The molecule has 1 heterocycles. The molecule has 1 aliphatic rings. The molecule has 0 amide bonds. The molecule has 1 atom stereocenters. The Balaban J connectivity index is 1.46. The third-order valence-corrected chi connectivity index (χ3v) is 9.87. The number of benzene rings is 6. The minimum Gasteiger partial charge on any atom is -0.457 e. The van der Waals surface area contributed by atoms with Crippen LogP contribution in [0.3, 0.4) is 0 Å². The number of nitro groups is 2. The number of non-ortho nitro benzene ring substituents is 2. The summed E-state index contributed by atoms with van der Waals surface area (Å²) in [6, 6.07) is 34.7. The Kier molecular flexibility index (Phi) is 6.76. The molecule has 6 aromatic carbocycles. The fourth-order valence-corrected chi connectivity index (χ4v) is 7.73. The van der Waals surface area contributed by atoms with Crippen molar-refractivity contribution in [3.63, 3.8) is 0 Å². The summed E-state index contributed by atoms with van der Waals surface area (Å²) in [4.78, 5) is 21.5. The second kappa shape index (κ2) is 10.9. The highest BCUT2D eigenvalue weighted by Gasteiger charge is 2.41. The van der Waals surface area contributed by atoms with Gasteiger partial charge >= 0.3 is 7.37 Å². The van der Waals surface area contributed by atoms with E-state index in [-0.39, 0.29) is 28.2 Å². The van der Waals surface area contributed by atoms with Gasteiger partial charge in [0.15, 0.2) is 0 Å². The number of hydrogen-bond donors (Lipinski definition) is 0. The first-order valence-corrected chi connectivity index (χ1v) is 15.3. The highest BCUT2D eigenvalue weighted by Crippen LogP contribution is 2.57. The Bertz CT molecular complexity index is 2180. The van der Waals surface area contributed by atoms with Crippen LogP contribution in [0.15, 0.2) is 127 Å². The number of hydrogen-bond acceptors (Lipinski definition) is 8. The maximum Gasteiger partial charge on any atom is 0.311 e. The van der Waals surface area contributed by atoms with Crippen LogP contribution in [0.2, 0.25) is 0 Å². The lowest BCUT2D eigenvalue weighted by Gasteiger charge is -2.30. The molecule has 0 radical (unpaired) electrons. The lowest BCUT2D eigenvalue weighted by Crippen LogP contribution is -2.26. The van der Waals surface area contributed by atoms with Crippen LogP contribution in [0.25, 0.3) is 21.9 Å². The molecule has 1 aliphatic heterocycles. The zero-order chi connectivity index (χ0) is 31.1. The fraction of sp³-hybridized carbons (Fsp3) is 0. The van der Waals surface area contributed by atoms with E-state index >= 15 is 4.57 Å². The molecular weight excluding hydrogens is 595 g/mol. The van der Waals surface area contributed by atoms with Crippen molar-refractivity contribution in [2.24, 2.45) is 0 Å². The van der Waals surface area contributed by atoms with Crippen LogP contribution in [-0.2, 0) is 4.57 Å². The van der Waals surface area contributed by atoms with Crippen LogP contribution in [0.4, 0.5) is 11.4 Å². The van der Waals surface area contributed by atoms with Crippen molar-refractivity contribution in [1.29, 1.82) is 0 Å². The quantitative estimate of drug-likeness (QED) is 0.0991. The van der Waals surface area contributed by atoms with Crippen LogP contribution in [-0.4, -0.2) is 9.85 Å². The Morgan fingerprint density at radius 2 is 1.11 bits per heavy atom. The predicted octanol–water partition coefficient (Wildman–Crippen LogP) is 8.53. The van der Waals surface area contributed by atoms with E-state index < -0.39 is 17.2 Å². The minimum absolute atomic E-state index is 0.0879. The van der Waals surface area contributed by atoms with E-state index in [2.05, 4.69) is 0 Å². The predicted molar refractivity (Wildman–Crippen MR) is 170 cm³/mol. The summed E-state index contributed by atoms with van der Waals surface area (Å²) >= 11 is 0. The topological polar surface area (TPSA) is 131 Å². The smallest absolute Gasteiger partial charge is 0.311 e. The molecular formula is C34H21N2O8P. The highest BCUT2D eigenvalue weighted by atomic mass is 31.2. The monoisotopic (exact) mass is 616 g/mol. The van der Waals surface area contributed by atoms with Crippen molar-refractivity contribution < 1.29 is 28.4 Å². The maximum atomic E-state index is 15.4. The minimum atomic E-state index is -3.95. The normalized spacial score (nSPS) is 14.9. The lowest BCUT2D eigenvalue weighted by atomic mass is 10.0. The van der Waals surface area contributed by atoms with Crippen molar-refractivity contribution in [2.75, 3.05) is 0 Å². The van der Waals surface area contributed by atoms with Gasteiger partial charge in [-0.2, -0.15) is 0 Å². The van der Waals surface area contributed by atoms with E-state index in [0.29, 0.717) is 33.3 Å². The number of fused-ring (bicyclic) bond motifs is 4. The van der Waals surface area contributed by atoms with Crippen LogP contribution >= 0.6 is 7.37 Å². The van der Waals surface area contributed by atoms with E-state index in [1.807, 2.05) is 36.4 Å². The number of ether oxygens (including phenoxy) is 2. The Hall–Kier alpha value is -5.99. The van der Waals surface area contributed by atoms with Gasteiger partial charge in [0, 0.05) is 40.6 Å². The molecule has 0 aliphatic carbocycles. The third-order valence-electron chi connectivity index (χ3n) is 7.42. The molecule has 220 valence electrons. The fourth-order valence-electron chi connectivity index (χ4n) is 5.32. The van der Waals surface area contributed by atoms with Gasteiger partial charge in [0.1, 0.15) is 28.7 Å². The number of rotatable bonds is 7. The van der Waals surface area contributed by atoms with E-state index in [1.54, 1.807) is 42.5 Å². The van der Waals surface area contributed by atoms with E-state index in [4.69, 9.17) is 14.0 Å². The summed E-state index contributed by atoms with van der Waals surface area (Å²) in [6.07, 6.45) is 0. The lowest BCUT2D eigenvalue weighted by molar-refractivity contribution is -0.385. The van der Waals surface area contributed by atoms with Crippen LogP contribution in [0, 0.1) is 20.2 Å². The highest BCUT2D eigenvalue weighted by molar-refractivity contribution is 7.75. The first-order valence-electron chi connectivity index (χ1n) is 13.7. The summed E-state index contributed by atoms with van der Waals surface area (Å²) in [6.45, 7) is 0. The van der Waals surface area contributed by atoms with Gasteiger partial charge in [-0.3, -0.25) is 24.8 Å². The summed E-state index contributed by atoms with van der Waals surface area (Å²) in [5.41, 5.74) is 1.35. The van der Waals surface area contributed by atoms with Gasteiger partial charge in [-0.25, -0.2) is 0 Å². The molecule has 1 unspecified atom stereocenters. The molecule has 11 heteroatoms. The Labute approximate surface area is 255 Å².